The van der Waals surface area contributed by atoms with Gasteiger partial charge in [0.2, 0.25) is 0 Å². The van der Waals surface area contributed by atoms with Crippen LogP contribution in [0.5, 0.6) is 11.5 Å². The maximum atomic E-state index is 6.16. The van der Waals surface area contributed by atoms with Crippen molar-refractivity contribution in [1.29, 1.82) is 0 Å². The Bertz CT molecular complexity index is 638. The second-order valence-electron chi connectivity index (χ2n) is 5.75. The van der Waals surface area contributed by atoms with Crippen molar-refractivity contribution < 1.29 is 9.47 Å². The van der Waals surface area contributed by atoms with Crippen molar-refractivity contribution in [3.63, 3.8) is 0 Å². The number of benzene rings is 2. The van der Waals surface area contributed by atoms with Gasteiger partial charge in [-0.3, -0.25) is 4.90 Å². The van der Waals surface area contributed by atoms with Crippen LogP contribution in [0.15, 0.2) is 54.6 Å². The highest BCUT2D eigenvalue weighted by atomic mass is 127. The predicted molar refractivity (Wildman–Crippen MR) is 101 cm³/mol. The SMILES string of the molecule is Nc1cccc(OC2(I)CCN(CCOc3ccccc3)C2)c1. The van der Waals surface area contributed by atoms with Crippen LogP contribution in [0.25, 0.3) is 0 Å². The molecule has 1 heterocycles. The third kappa shape index (κ3) is 4.75. The number of nitrogen functional groups attached to an aromatic ring is 1. The van der Waals surface area contributed by atoms with Crippen LogP contribution >= 0.6 is 22.6 Å². The van der Waals surface area contributed by atoms with Crippen molar-refractivity contribution >= 4 is 28.3 Å². The Hall–Kier alpha value is -1.47. The molecule has 0 spiro atoms. The second-order valence-corrected chi connectivity index (χ2v) is 7.71. The van der Waals surface area contributed by atoms with E-state index in [2.05, 4.69) is 27.5 Å². The molecule has 3 rings (SSSR count). The molecule has 2 aromatic carbocycles. The molecule has 4 nitrogen and oxygen atoms in total. The van der Waals surface area contributed by atoms with Crippen molar-refractivity contribution in [3.8, 4) is 11.5 Å². The van der Waals surface area contributed by atoms with Gasteiger partial charge in [0.05, 0.1) is 0 Å². The van der Waals surface area contributed by atoms with Gasteiger partial charge in [-0.1, -0.05) is 24.3 Å². The second kappa shape index (κ2) is 7.40. The van der Waals surface area contributed by atoms with Crippen LogP contribution in [0.3, 0.4) is 0 Å². The van der Waals surface area contributed by atoms with Crippen LogP contribution < -0.4 is 15.2 Å². The number of anilines is 1. The average molecular weight is 424 g/mol. The molecule has 1 aliphatic heterocycles. The lowest BCUT2D eigenvalue weighted by atomic mass is 10.3. The Balaban J connectivity index is 1.47. The molecule has 2 N–H and O–H groups in total. The molecule has 5 heteroatoms. The van der Waals surface area contributed by atoms with Crippen LogP contribution in [0.4, 0.5) is 5.69 Å². The van der Waals surface area contributed by atoms with E-state index in [-0.39, 0.29) is 3.61 Å². The monoisotopic (exact) mass is 424 g/mol. The van der Waals surface area contributed by atoms with Crippen LogP contribution in [0, 0.1) is 0 Å². The Morgan fingerprint density at radius 3 is 2.65 bits per heavy atom. The first-order valence-electron chi connectivity index (χ1n) is 7.77. The maximum absolute atomic E-state index is 6.16. The van der Waals surface area contributed by atoms with E-state index >= 15 is 0 Å². The molecule has 0 aromatic heterocycles. The molecular weight excluding hydrogens is 403 g/mol. The lowest BCUT2D eigenvalue weighted by molar-refractivity contribution is 0.174. The molecule has 0 radical (unpaired) electrons. The smallest absolute Gasteiger partial charge is 0.173 e. The number of rotatable bonds is 6. The fourth-order valence-electron chi connectivity index (χ4n) is 2.69. The molecule has 1 atom stereocenters. The van der Waals surface area contributed by atoms with Gasteiger partial charge in [0.15, 0.2) is 3.61 Å². The van der Waals surface area contributed by atoms with Gasteiger partial charge in [-0.2, -0.15) is 0 Å². The molecule has 0 amide bonds. The predicted octanol–water partition coefficient (Wildman–Crippen LogP) is 3.56. The topological polar surface area (TPSA) is 47.7 Å². The lowest BCUT2D eigenvalue weighted by Crippen LogP contribution is -2.34. The summed E-state index contributed by atoms with van der Waals surface area (Å²) in [6.45, 7) is 3.50. The van der Waals surface area contributed by atoms with Crippen LogP contribution in [0.2, 0.25) is 0 Å². The van der Waals surface area contributed by atoms with E-state index in [4.69, 9.17) is 15.2 Å². The van der Waals surface area contributed by atoms with Crippen molar-refractivity contribution in [2.45, 2.75) is 10.0 Å². The van der Waals surface area contributed by atoms with E-state index in [9.17, 15) is 0 Å². The lowest BCUT2D eigenvalue weighted by Gasteiger charge is -2.24. The summed E-state index contributed by atoms with van der Waals surface area (Å²) in [4.78, 5) is 2.38. The maximum Gasteiger partial charge on any atom is 0.173 e. The summed E-state index contributed by atoms with van der Waals surface area (Å²) in [5, 5.41) is 0. The molecule has 2 aromatic rings. The number of hydrogen-bond acceptors (Lipinski definition) is 4. The zero-order valence-electron chi connectivity index (χ0n) is 13.0. The normalized spacial score (nSPS) is 21.3. The van der Waals surface area contributed by atoms with Crippen molar-refractivity contribution in [3.05, 3.63) is 54.6 Å². The van der Waals surface area contributed by atoms with Crippen molar-refractivity contribution in [1.82, 2.24) is 4.90 Å². The molecule has 1 unspecified atom stereocenters. The number of likely N-dealkylation sites (tertiary alicyclic amines) is 1. The van der Waals surface area contributed by atoms with Gasteiger partial charge in [0, 0.05) is 37.8 Å². The molecule has 1 aliphatic rings. The Morgan fingerprint density at radius 2 is 1.87 bits per heavy atom. The summed E-state index contributed by atoms with van der Waals surface area (Å²) >= 11 is 2.41. The molecule has 1 fully saturated rings. The minimum absolute atomic E-state index is 0.196. The zero-order valence-corrected chi connectivity index (χ0v) is 15.1. The van der Waals surface area contributed by atoms with Crippen molar-refractivity contribution in [2.75, 3.05) is 32.0 Å². The van der Waals surface area contributed by atoms with Crippen LogP contribution in [-0.2, 0) is 0 Å². The Kier molecular flexibility index (Phi) is 5.27. The fourth-order valence-corrected chi connectivity index (χ4v) is 3.67. The molecule has 0 saturated carbocycles. The van der Waals surface area contributed by atoms with E-state index in [1.807, 2.05) is 54.6 Å². The molecule has 1 saturated heterocycles. The molecule has 23 heavy (non-hydrogen) atoms. The molecule has 122 valence electrons. The summed E-state index contributed by atoms with van der Waals surface area (Å²) in [5.41, 5.74) is 6.55. The first-order valence-corrected chi connectivity index (χ1v) is 8.85. The summed E-state index contributed by atoms with van der Waals surface area (Å²) < 4.78 is 11.7. The number of nitrogens with zero attached hydrogens (tertiary/aromatic N) is 1. The van der Waals surface area contributed by atoms with E-state index < -0.39 is 0 Å². The minimum Gasteiger partial charge on any atom is -0.492 e. The molecule has 0 aliphatic carbocycles. The van der Waals surface area contributed by atoms with Gasteiger partial charge in [0.25, 0.3) is 0 Å². The van der Waals surface area contributed by atoms with Crippen molar-refractivity contribution in [2.24, 2.45) is 0 Å². The van der Waals surface area contributed by atoms with Gasteiger partial charge in [-0.25, -0.2) is 0 Å². The largest absolute Gasteiger partial charge is 0.492 e. The van der Waals surface area contributed by atoms with E-state index in [1.165, 1.54) is 0 Å². The van der Waals surface area contributed by atoms with Crippen LogP contribution in [0.1, 0.15) is 6.42 Å². The fraction of sp³-hybridized carbons (Fsp3) is 0.333. The standard InChI is InChI=1S/C18H21IN2O2/c19-18(23-17-8-4-5-15(20)13-17)9-10-21(14-18)11-12-22-16-6-2-1-3-7-16/h1-8,13H,9-12,14,20H2. The van der Waals surface area contributed by atoms with Gasteiger partial charge >= 0.3 is 0 Å². The molecule has 0 bridgehead atoms. The first kappa shape index (κ1) is 16.4. The number of halogens is 1. The number of hydrogen-bond donors (Lipinski definition) is 1. The Morgan fingerprint density at radius 1 is 1.09 bits per heavy atom. The number of ether oxygens (including phenoxy) is 2. The first-order chi connectivity index (χ1) is 11.1. The summed E-state index contributed by atoms with van der Waals surface area (Å²) in [7, 11) is 0. The van der Waals surface area contributed by atoms with Gasteiger partial charge in [-0.05, 0) is 46.9 Å². The van der Waals surface area contributed by atoms with Gasteiger partial charge in [-0.15, -0.1) is 0 Å². The third-order valence-corrected chi connectivity index (χ3v) is 4.94. The van der Waals surface area contributed by atoms with E-state index in [1.54, 1.807) is 0 Å². The summed E-state index contributed by atoms with van der Waals surface area (Å²) in [5.74, 6) is 1.75. The summed E-state index contributed by atoms with van der Waals surface area (Å²) in [6, 6.07) is 17.6. The third-order valence-electron chi connectivity index (χ3n) is 3.84. The minimum atomic E-state index is -0.196. The highest BCUT2D eigenvalue weighted by Gasteiger charge is 2.37. The number of para-hydroxylation sites is 1. The highest BCUT2D eigenvalue weighted by molar-refractivity contribution is 14.1. The molecular formula is C18H21IN2O2. The highest BCUT2D eigenvalue weighted by Crippen LogP contribution is 2.34. The Labute approximate surface area is 150 Å². The van der Waals surface area contributed by atoms with Gasteiger partial charge < -0.3 is 15.2 Å². The van der Waals surface area contributed by atoms with E-state index in [0.717, 1.165) is 43.2 Å². The van der Waals surface area contributed by atoms with Gasteiger partial charge in [0.1, 0.15) is 18.1 Å². The van der Waals surface area contributed by atoms with Crippen LogP contribution in [-0.4, -0.2) is 34.7 Å². The summed E-state index contributed by atoms with van der Waals surface area (Å²) in [6.07, 6.45) is 0.994. The number of alkyl halides is 1. The zero-order chi connectivity index (χ0) is 16.1. The number of nitrogens with two attached hydrogens (primary N) is 1. The average Bonchev–Trinajstić information content (AvgIpc) is 2.89. The van der Waals surface area contributed by atoms with E-state index in [0.29, 0.717) is 6.61 Å². The quantitative estimate of drug-likeness (QED) is 0.438.